The van der Waals surface area contributed by atoms with E-state index in [0.29, 0.717) is 36.0 Å². The van der Waals surface area contributed by atoms with Crippen molar-refractivity contribution in [1.82, 2.24) is 19.7 Å². The number of hydrogen-bond donors (Lipinski definition) is 0. The van der Waals surface area contributed by atoms with Crippen molar-refractivity contribution in [2.75, 3.05) is 44.3 Å². The summed E-state index contributed by atoms with van der Waals surface area (Å²) < 4.78 is 35.0. The summed E-state index contributed by atoms with van der Waals surface area (Å²) in [7, 11) is 1.73. The number of nitrogens with zero attached hydrogens (tertiary/aromatic N) is 5. The predicted molar refractivity (Wildman–Crippen MR) is 114 cm³/mol. The Balaban J connectivity index is 0.00000256. The number of carbonyl (C=O) groups is 1. The Morgan fingerprint density at radius 1 is 1.30 bits per heavy atom. The second-order valence-corrected chi connectivity index (χ2v) is 7.88. The van der Waals surface area contributed by atoms with Crippen molar-refractivity contribution in [3.8, 4) is 0 Å². The van der Waals surface area contributed by atoms with Gasteiger partial charge in [-0.05, 0) is 18.6 Å². The summed E-state index contributed by atoms with van der Waals surface area (Å²) in [6, 6.07) is 3.66. The van der Waals surface area contributed by atoms with Crippen LogP contribution in [0, 0.1) is 11.6 Å². The monoisotopic (exact) mass is 457 g/mol. The molecule has 3 heterocycles. The highest BCUT2D eigenvalue weighted by molar-refractivity contribution is 7.22. The molecule has 0 saturated carbocycles. The zero-order chi connectivity index (χ0) is 20.4. The summed E-state index contributed by atoms with van der Waals surface area (Å²) in [5.74, 6) is -1.71. The molecule has 0 spiro atoms. The van der Waals surface area contributed by atoms with Gasteiger partial charge >= 0.3 is 0 Å². The van der Waals surface area contributed by atoms with Crippen molar-refractivity contribution >= 4 is 45.0 Å². The molecule has 0 unspecified atom stereocenters. The third-order valence-electron chi connectivity index (χ3n) is 4.77. The van der Waals surface area contributed by atoms with Crippen molar-refractivity contribution in [3.63, 3.8) is 0 Å². The first-order valence-electron chi connectivity index (χ1n) is 9.38. The van der Waals surface area contributed by atoms with Crippen LogP contribution in [0.3, 0.4) is 0 Å². The molecule has 4 rings (SSSR count). The average molecular weight is 458 g/mol. The highest BCUT2D eigenvalue weighted by Crippen LogP contribution is 2.32. The second-order valence-electron chi connectivity index (χ2n) is 6.87. The zero-order valence-electron chi connectivity index (χ0n) is 16.4. The Bertz CT molecular complexity index is 1020. The minimum Gasteiger partial charge on any atom is -0.379 e. The number of aromatic nitrogens is 3. The largest absolute Gasteiger partial charge is 0.379 e. The Morgan fingerprint density at radius 2 is 2.07 bits per heavy atom. The molecule has 1 fully saturated rings. The minimum absolute atomic E-state index is 0. The molecule has 0 atom stereocenters. The summed E-state index contributed by atoms with van der Waals surface area (Å²) in [5, 5.41) is 4.52. The summed E-state index contributed by atoms with van der Waals surface area (Å²) in [6.45, 7) is 4.35. The minimum atomic E-state index is -0.735. The van der Waals surface area contributed by atoms with Crippen molar-refractivity contribution < 1.29 is 18.3 Å². The van der Waals surface area contributed by atoms with Crippen LogP contribution in [0.5, 0.6) is 0 Å². The lowest BCUT2D eigenvalue weighted by Crippen LogP contribution is -2.39. The first-order chi connectivity index (χ1) is 14.0. The molecule has 0 radical (unpaired) electrons. The molecule has 0 aliphatic carbocycles. The smallest absolute Gasteiger partial charge is 0.280 e. The van der Waals surface area contributed by atoms with E-state index in [0.717, 1.165) is 37.0 Å². The molecule has 2 aromatic heterocycles. The summed E-state index contributed by atoms with van der Waals surface area (Å²) >= 11 is 1.10. The highest BCUT2D eigenvalue weighted by atomic mass is 35.5. The number of halogens is 3. The van der Waals surface area contributed by atoms with Gasteiger partial charge in [0.15, 0.2) is 16.6 Å². The molecule has 7 nitrogen and oxygen atoms in total. The molecule has 1 aliphatic rings. The molecule has 0 N–H and O–H groups in total. The first kappa shape index (κ1) is 22.5. The molecular weight excluding hydrogens is 436 g/mol. The number of rotatable bonds is 6. The van der Waals surface area contributed by atoms with E-state index >= 15 is 0 Å². The fraction of sp³-hybridized carbons (Fsp3) is 0.421. The molecule has 1 saturated heterocycles. The molecule has 1 aliphatic heterocycles. The van der Waals surface area contributed by atoms with E-state index in [2.05, 4.69) is 15.0 Å². The molecule has 0 bridgehead atoms. The number of thiazole rings is 1. The normalized spacial score (nSPS) is 14.6. The first-order valence-corrected chi connectivity index (χ1v) is 10.2. The number of hydrogen-bond acceptors (Lipinski definition) is 6. The molecule has 162 valence electrons. The molecular formula is C19H22ClF2N5O2S. The third-order valence-corrected chi connectivity index (χ3v) is 5.80. The number of benzene rings is 1. The van der Waals surface area contributed by atoms with Gasteiger partial charge in [0, 0.05) is 45.5 Å². The van der Waals surface area contributed by atoms with Gasteiger partial charge in [-0.2, -0.15) is 5.10 Å². The van der Waals surface area contributed by atoms with E-state index in [-0.39, 0.29) is 29.5 Å². The quantitative estimate of drug-likeness (QED) is 0.569. The summed E-state index contributed by atoms with van der Waals surface area (Å²) in [6.07, 6.45) is 2.40. The van der Waals surface area contributed by atoms with Crippen LogP contribution < -0.4 is 4.90 Å². The topological polar surface area (TPSA) is 63.5 Å². The van der Waals surface area contributed by atoms with Gasteiger partial charge < -0.3 is 4.74 Å². The van der Waals surface area contributed by atoms with Crippen LogP contribution in [0.4, 0.5) is 13.9 Å². The fourth-order valence-electron chi connectivity index (χ4n) is 3.29. The van der Waals surface area contributed by atoms with Gasteiger partial charge in [0.25, 0.3) is 5.91 Å². The Labute approximate surface area is 182 Å². The van der Waals surface area contributed by atoms with Gasteiger partial charge in [0.1, 0.15) is 11.3 Å². The SMILES string of the molecule is Cl.Cn1ccc(C(=O)N(CCCN2CCOCC2)c2nc3c(F)cc(F)cc3s2)n1. The van der Waals surface area contributed by atoms with Crippen molar-refractivity contribution in [2.24, 2.45) is 7.05 Å². The summed E-state index contributed by atoms with van der Waals surface area (Å²) in [5.41, 5.74) is 0.350. The number of carbonyl (C=O) groups excluding carboxylic acids is 1. The maximum absolute atomic E-state index is 14.1. The van der Waals surface area contributed by atoms with Crippen LogP contribution >= 0.6 is 23.7 Å². The fourth-order valence-corrected chi connectivity index (χ4v) is 4.32. The van der Waals surface area contributed by atoms with Crippen molar-refractivity contribution in [1.29, 1.82) is 0 Å². The molecule has 11 heteroatoms. The van der Waals surface area contributed by atoms with E-state index in [1.807, 2.05) is 0 Å². The van der Waals surface area contributed by atoms with E-state index < -0.39 is 11.6 Å². The number of fused-ring (bicyclic) bond motifs is 1. The van der Waals surface area contributed by atoms with Crippen LogP contribution in [0.2, 0.25) is 0 Å². The lowest BCUT2D eigenvalue weighted by molar-refractivity contribution is 0.0376. The number of amides is 1. The molecule has 3 aromatic rings. The standard InChI is InChI=1S/C19H21F2N5O2S.ClH/c1-24-6-3-15(23-24)18(27)26(5-2-4-25-7-9-28-10-8-25)19-22-17-14(21)11-13(20)12-16(17)29-19;/h3,6,11-12H,2,4-5,7-10H2,1H3;1H. The third kappa shape index (κ3) is 4.94. The molecule has 1 amide bonds. The number of aryl methyl sites for hydroxylation is 1. The van der Waals surface area contributed by atoms with Crippen LogP contribution in [0.25, 0.3) is 10.2 Å². The highest BCUT2D eigenvalue weighted by Gasteiger charge is 2.24. The summed E-state index contributed by atoms with van der Waals surface area (Å²) in [4.78, 5) is 21.2. The average Bonchev–Trinajstić information content (AvgIpc) is 3.32. The van der Waals surface area contributed by atoms with Gasteiger partial charge in [0.2, 0.25) is 0 Å². The number of anilines is 1. The van der Waals surface area contributed by atoms with Crippen molar-refractivity contribution in [2.45, 2.75) is 6.42 Å². The zero-order valence-corrected chi connectivity index (χ0v) is 18.0. The lowest BCUT2D eigenvalue weighted by Gasteiger charge is -2.27. The van der Waals surface area contributed by atoms with Crippen molar-refractivity contribution in [3.05, 3.63) is 41.7 Å². The molecule has 1 aromatic carbocycles. The Hall–Kier alpha value is -2.14. The van der Waals surface area contributed by atoms with Crippen LogP contribution in [0.15, 0.2) is 24.4 Å². The number of morpholine rings is 1. The van der Waals surface area contributed by atoms with Gasteiger partial charge in [-0.25, -0.2) is 13.8 Å². The van der Waals surface area contributed by atoms with E-state index in [1.54, 1.807) is 24.0 Å². The molecule has 30 heavy (non-hydrogen) atoms. The van der Waals surface area contributed by atoms with Crippen LogP contribution in [-0.4, -0.2) is 65.0 Å². The second kappa shape index (κ2) is 9.78. The number of ether oxygens (including phenoxy) is 1. The lowest BCUT2D eigenvalue weighted by atomic mass is 10.3. The van der Waals surface area contributed by atoms with Crippen LogP contribution in [0.1, 0.15) is 16.9 Å². The van der Waals surface area contributed by atoms with Gasteiger partial charge in [-0.3, -0.25) is 19.3 Å². The van der Waals surface area contributed by atoms with Crippen LogP contribution in [-0.2, 0) is 11.8 Å². The van der Waals surface area contributed by atoms with Gasteiger partial charge in [0.05, 0.1) is 17.9 Å². The van der Waals surface area contributed by atoms with E-state index in [9.17, 15) is 13.6 Å². The van der Waals surface area contributed by atoms with E-state index in [4.69, 9.17) is 4.74 Å². The maximum Gasteiger partial charge on any atom is 0.280 e. The van der Waals surface area contributed by atoms with Gasteiger partial charge in [-0.1, -0.05) is 11.3 Å². The Morgan fingerprint density at radius 3 is 2.77 bits per heavy atom. The predicted octanol–water partition coefficient (Wildman–Crippen LogP) is 3.10. The maximum atomic E-state index is 14.1. The van der Waals surface area contributed by atoms with Gasteiger partial charge in [-0.15, -0.1) is 12.4 Å². The Kier molecular flexibility index (Phi) is 7.35. The van der Waals surface area contributed by atoms with E-state index in [1.165, 1.54) is 11.0 Å².